The summed E-state index contributed by atoms with van der Waals surface area (Å²) in [4.78, 5) is 20.1. The molecule has 4 heterocycles. The number of aryl methyl sites for hydroxylation is 1. The van der Waals surface area contributed by atoms with E-state index in [9.17, 15) is 0 Å². The first-order chi connectivity index (χ1) is 26.4. The lowest BCUT2D eigenvalue weighted by Gasteiger charge is -2.36. The van der Waals surface area contributed by atoms with Crippen molar-refractivity contribution in [2.75, 3.05) is 19.1 Å². The van der Waals surface area contributed by atoms with E-state index < -0.39 is 22.9 Å². The van der Waals surface area contributed by atoms with Gasteiger partial charge in [-0.1, -0.05) is 91.0 Å². The maximum Gasteiger partial charge on any atom is 0.191 e. The van der Waals surface area contributed by atoms with E-state index in [1.165, 1.54) is 19.1 Å². The molecule has 0 amide bonds. The standard InChI is InChI=1S/C41H33F2N9O2/c1-50-24-27(22-46-50)32-23-44-31-19-20-36(48-40(31)47-32)51(39-37(42)33(53-2)21-34(54-3)38(39)43)25-35-45-26-52(49-35)41(28-13-7-4-8-14-28,29-15-9-5-10-16-29)30-17-11-6-12-18-30/h4-24,26H,25H2,1-3H3. The minimum Gasteiger partial charge on any atom is -0.493 e. The van der Waals surface area contributed by atoms with Gasteiger partial charge in [0.2, 0.25) is 0 Å². The van der Waals surface area contributed by atoms with E-state index in [1.807, 2.05) is 97.2 Å². The van der Waals surface area contributed by atoms with Gasteiger partial charge in [-0.3, -0.25) is 9.67 Å². The predicted molar refractivity (Wildman–Crippen MR) is 199 cm³/mol. The van der Waals surface area contributed by atoms with Crippen LogP contribution in [-0.4, -0.2) is 53.7 Å². The van der Waals surface area contributed by atoms with Crippen LogP contribution in [0.5, 0.6) is 11.5 Å². The Morgan fingerprint density at radius 1 is 0.722 bits per heavy atom. The SMILES string of the molecule is COc1cc(OC)c(F)c(N(Cc2ncn(C(c3ccccc3)(c3ccccc3)c3ccccc3)n2)c2ccc3ncc(-c4cnn(C)c4)nc3n2)c1F. The van der Waals surface area contributed by atoms with E-state index >= 15 is 8.78 Å². The van der Waals surface area contributed by atoms with Crippen LogP contribution in [0.15, 0.2) is 134 Å². The number of hydrogen-bond donors (Lipinski definition) is 0. The number of halogens is 2. The molecule has 11 nitrogen and oxygen atoms in total. The topological polar surface area (TPSA) is 109 Å². The summed E-state index contributed by atoms with van der Waals surface area (Å²) in [6.07, 6.45) is 6.74. The Labute approximate surface area is 309 Å². The molecule has 0 spiro atoms. The van der Waals surface area contributed by atoms with Crippen molar-refractivity contribution in [3.05, 3.63) is 168 Å². The quantitative estimate of drug-likeness (QED) is 0.126. The van der Waals surface area contributed by atoms with Gasteiger partial charge in [-0.2, -0.15) is 10.2 Å². The monoisotopic (exact) mass is 721 g/mol. The Bertz CT molecular complexity index is 2440. The molecular weight excluding hydrogens is 689 g/mol. The minimum atomic E-state index is -0.963. The molecule has 8 rings (SSSR count). The normalized spacial score (nSPS) is 11.5. The fourth-order valence-corrected chi connectivity index (χ4v) is 6.72. The van der Waals surface area contributed by atoms with E-state index in [0.717, 1.165) is 28.3 Å². The van der Waals surface area contributed by atoms with Crippen molar-refractivity contribution in [2.24, 2.45) is 7.05 Å². The first kappa shape index (κ1) is 34.1. The van der Waals surface area contributed by atoms with Gasteiger partial charge in [0, 0.05) is 24.9 Å². The maximum atomic E-state index is 16.4. The molecule has 0 aliphatic carbocycles. The number of nitrogens with zero attached hydrogens (tertiary/aromatic N) is 9. The highest BCUT2D eigenvalue weighted by Gasteiger charge is 2.40. The van der Waals surface area contributed by atoms with Crippen LogP contribution in [0.2, 0.25) is 0 Å². The van der Waals surface area contributed by atoms with Crippen LogP contribution < -0.4 is 14.4 Å². The second kappa shape index (κ2) is 14.2. The summed E-state index contributed by atoms with van der Waals surface area (Å²) in [7, 11) is 4.40. The molecule has 8 aromatic rings. The fourth-order valence-electron chi connectivity index (χ4n) is 6.72. The van der Waals surface area contributed by atoms with E-state index in [1.54, 1.807) is 47.3 Å². The van der Waals surface area contributed by atoms with Crippen molar-refractivity contribution in [3.8, 4) is 22.8 Å². The Kier molecular flexibility index (Phi) is 8.95. The molecule has 0 unspecified atom stereocenters. The van der Waals surface area contributed by atoms with Gasteiger partial charge in [0.15, 0.2) is 34.6 Å². The summed E-state index contributed by atoms with van der Waals surface area (Å²) in [5.74, 6) is -1.95. The Morgan fingerprint density at radius 2 is 1.31 bits per heavy atom. The summed E-state index contributed by atoms with van der Waals surface area (Å²) in [6.45, 7) is -0.208. The van der Waals surface area contributed by atoms with E-state index in [4.69, 9.17) is 29.5 Å². The zero-order valence-electron chi connectivity index (χ0n) is 29.5. The zero-order chi connectivity index (χ0) is 37.2. The van der Waals surface area contributed by atoms with Gasteiger partial charge >= 0.3 is 0 Å². The van der Waals surface area contributed by atoms with Crippen LogP contribution in [0.1, 0.15) is 22.5 Å². The number of anilines is 2. The van der Waals surface area contributed by atoms with Crippen molar-refractivity contribution < 1.29 is 18.3 Å². The molecule has 0 bridgehead atoms. The smallest absolute Gasteiger partial charge is 0.191 e. The average molecular weight is 722 g/mol. The highest BCUT2D eigenvalue weighted by Crippen LogP contribution is 2.42. The molecule has 0 saturated carbocycles. The Hall–Kier alpha value is -7.02. The number of aromatic nitrogens is 8. The number of hydrogen-bond acceptors (Lipinski definition) is 9. The molecule has 0 atom stereocenters. The van der Waals surface area contributed by atoms with Crippen LogP contribution in [0.3, 0.4) is 0 Å². The Morgan fingerprint density at radius 3 is 1.85 bits per heavy atom. The number of pyridine rings is 1. The molecule has 268 valence electrons. The van der Waals surface area contributed by atoms with Crippen molar-refractivity contribution >= 4 is 22.7 Å². The van der Waals surface area contributed by atoms with Crippen molar-refractivity contribution in [1.29, 1.82) is 0 Å². The van der Waals surface area contributed by atoms with Crippen LogP contribution in [-0.2, 0) is 19.1 Å². The number of fused-ring (bicyclic) bond motifs is 1. The second-order valence-corrected chi connectivity index (χ2v) is 12.4. The lowest BCUT2D eigenvalue weighted by atomic mass is 9.77. The summed E-state index contributed by atoms with van der Waals surface area (Å²) in [6, 6.07) is 34.5. The zero-order valence-corrected chi connectivity index (χ0v) is 29.5. The van der Waals surface area contributed by atoms with E-state index in [0.29, 0.717) is 11.2 Å². The van der Waals surface area contributed by atoms with Crippen molar-refractivity contribution in [2.45, 2.75) is 12.1 Å². The molecule has 54 heavy (non-hydrogen) atoms. The van der Waals surface area contributed by atoms with Gasteiger partial charge in [-0.15, -0.1) is 0 Å². The van der Waals surface area contributed by atoms with E-state index in [-0.39, 0.29) is 35.3 Å². The third-order valence-electron chi connectivity index (χ3n) is 9.25. The molecule has 4 aromatic carbocycles. The molecule has 13 heteroatoms. The van der Waals surface area contributed by atoms with Crippen LogP contribution >= 0.6 is 0 Å². The highest BCUT2D eigenvalue weighted by atomic mass is 19.1. The van der Waals surface area contributed by atoms with Crippen molar-refractivity contribution in [3.63, 3.8) is 0 Å². The molecule has 0 radical (unpaired) electrons. The highest BCUT2D eigenvalue weighted by molar-refractivity contribution is 5.77. The van der Waals surface area contributed by atoms with Gasteiger partial charge in [0.05, 0.1) is 38.9 Å². The molecule has 0 saturated heterocycles. The van der Waals surface area contributed by atoms with Crippen LogP contribution in [0, 0.1) is 11.6 Å². The third-order valence-corrected chi connectivity index (χ3v) is 9.25. The first-order valence-corrected chi connectivity index (χ1v) is 17.0. The van der Waals surface area contributed by atoms with Gasteiger partial charge < -0.3 is 14.4 Å². The van der Waals surface area contributed by atoms with Crippen LogP contribution in [0.25, 0.3) is 22.4 Å². The first-order valence-electron chi connectivity index (χ1n) is 17.0. The second-order valence-electron chi connectivity index (χ2n) is 12.4. The fraction of sp³-hybridized carbons (Fsp3) is 0.122. The number of rotatable bonds is 11. The molecule has 4 aromatic heterocycles. The summed E-state index contributed by atoms with van der Waals surface area (Å²) in [5.41, 5.74) is 3.38. The summed E-state index contributed by atoms with van der Waals surface area (Å²) >= 11 is 0. The number of ether oxygens (including phenoxy) is 2. The number of methoxy groups -OCH3 is 2. The van der Waals surface area contributed by atoms with Gasteiger partial charge in [-0.05, 0) is 28.8 Å². The minimum absolute atomic E-state index is 0.157. The third kappa shape index (κ3) is 5.94. The average Bonchev–Trinajstić information content (AvgIpc) is 3.88. The number of benzene rings is 4. The summed E-state index contributed by atoms with van der Waals surface area (Å²) < 4.78 is 46.8. The molecule has 0 N–H and O–H groups in total. The molecule has 0 aliphatic heterocycles. The van der Waals surface area contributed by atoms with Crippen molar-refractivity contribution in [1.82, 2.24) is 39.5 Å². The predicted octanol–water partition coefficient (Wildman–Crippen LogP) is 7.49. The van der Waals surface area contributed by atoms with Crippen LogP contribution in [0.4, 0.5) is 20.3 Å². The molecular formula is C41H33F2N9O2. The Balaban J connectivity index is 1.31. The van der Waals surface area contributed by atoms with Gasteiger partial charge in [0.25, 0.3) is 0 Å². The van der Waals surface area contributed by atoms with Gasteiger partial charge in [0.1, 0.15) is 28.9 Å². The molecule has 0 fully saturated rings. The maximum absolute atomic E-state index is 16.4. The lowest BCUT2D eigenvalue weighted by Crippen LogP contribution is -2.38. The molecule has 0 aliphatic rings. The largest absolute Gasteiger partial charge is 0.493 e. The lowest BCUT2D eigenvalue weighted by molar-refractivity contribution is 0.358. The summed E-state index contributed by atoms with van der Waals surface area (Å²) in [5, 5.41) is 9.29. The van der Waals surface area contributed by atoms with Gasteiger partial charge in [-0.25, -0.2) is 28.4 Å². The van der Waals surface area contributed by atoms with E-state index in [2.05, 4.69) is 10.1 Å².